The highest BCUT2D eigenvalue weighted by Gasteiger charge is 2.14. The molecule has 0 saturated carbocycles. The molecule has 2 unspecified atom stereocenters. The first kappa shape index (κ1) is 9.92. The Hall–Kier alpha value is -0.0800. The summed E-state index contributed by atoms with van der Waals surface area (Å²) in [5.41, 5.74) is 0. The van der Waals surface area contributed by atoms with Gasteiger partial charge in [-0.15, -0.1) is 0 Å². The Morgan fingerprint density at radius 2 is 1.80 bits per heavy atom. The SMILES string of the molecule is [CH2]C(C)C(O)N(CC)CC. The third-order valence-electron chi connectivity index (χ3n) is 1.70. The van der Waals surface area contributed by atoms with E-state index in [4.69, 9.17) is 0 Å². The van der Waals surface area contributed by atoms with E-state index < -0.39 is 0 Å². The normalized spacial score (nSPS) is 14.7. The molecule has 10 heavy (non-hydrogen) atoms. The van der Waals surface area contributed by atoms with E-state index in [1.165, 1.54) is 0 Å². The highest BCUT2D eigenvalue weighted by atomic mass is 16.3. The average Bonchev–Trinajstić information content (AvgIpc) is 1.90. The molecular formula is C8H18NO. The van der Waals surface area contributed by atoms with Gasteiger partial charge in [0.2, 0.25) is 0 Å². The zero-order valence-corrected chi connectivity index (χ0v) is 7.17. The molecule has 0 fully saturated rings. The van der Waals surface area contributed by atoms with Crippen molar-refractivity contribution in [1.29, 1.82) is 0 Å². The molecule has 0 aromatic rings. The lowest BCUT2D eigenvalue weighted by Crippen LogP contribution is -2.38. The lowest BCUT2D eigenvalue weighted by atomic mass is 10.1. The van der Waals surface area contributed by atoms with Gasteiger partial charge in [-0.05, 0) is 25.9 Å². The van der Waals surface area contributed by atoms with Crippen LogP contribution >= 0.6 is 0 Å². The summed E-state index contributed by atoms with van der Waals surface area (Å²) in [6.45, 7) is 11.5. The van der Waals surface area contributed by atoms with Crippen molar-refractivity contribution < 1.29 is 5.11 Å². The third kappa shape index (κ3) is 2.67. The molecule has 0 rings (SSSR count). The van der Waals surface area contributed by atoms with Crippen LogP contribution in [0.15, 0.2) is 0 Å². The molecule has 0 aliphatic heterocycles. The van der Waals surface area contributed by atoms with Gasteiger partial charge in [-0.2, -0.15) is 0 Å². The van der Waals surface area contributed by atoms with Crippen molar-refractivity contribution in [3.63, 3.8) is 0 Å². The molecule has 2 heteroatoms. The summed E-state index contributed by atoms with van der Waals surface area (Å²) < 4.78 is 0. The molecule has 61 valence electrons. The predicted molar refractivity (Wildman–Crippen MR) is 43.4 cm³/mol. The Morgan fingerprint density at radius 1 is 1.40 bits per heavy atom. The van der Waals surface area contributed by atoms with Gasteiger partial charge in [0, 0.05) is 0 Å². The maximum atomic E-state index is 9.45. The minimum atomic E-state index is -0.380. The van der Waals surface area contributed by atoms with Crippen molar-refractivity contribution in [3.8, 4) is 0 Å². The number of hydrogen-bond donors (Lipinski definition) is 1. The van der Waals surface area contributed by atoms with Crippen LogP contribution in [-0.2, 0) is 0 Å². The second-order valence-electron chi connectivity index (χ2n) is 2.61. The predicted octanol–water partition coefficient (Wildman–Crippen LogP) is 1.12. The van der Waals surface area contributed by atoms with Crippen LogP contribution in [0.4, 0.5) is 0 Å². The van der Waals surface area contributed by atoms with Gasteiger partial charge in [-0.3, -0.25) is 4.90 Å². The van der Waals surface area contributed by atoms with Gasteiger partial charge >= 0.3 is 0 Å². The van der Waals surface area contributed by atoms with Gasteiger partial charge in [0.05, 0.1) is 0 Å². The van der Waals surface area contributed by atoms with Crippen LogP contribution in [0.1, 0.15) is 20.8 Å². The van der Waals surface area contributed by atoms with E-state index in [0.29, 0.717) is 0 Å². The van der Waals surface area contributed by atoms with E-state index in [9.17, 15) is 5.11 Å². The Morgan fingerprint density at radius 3 is 1.90 bits per heavy atom. The summed E-state index contributed by atoms with van der Waals surface area (Å²) in [6, 6.07) is 0. The van der Waals surface area contributed by atoms with Crippen LogP contribution in [0, 0.1) is 12.8 Å². The topological polar surface area (TPSA) is 23.5 Å². The summed E-state index contributed by atoms with van der Waals surface area (Å²) in [5, 5.41) is 9.45. The number of hydrogen-bond acceptors (Lipinski definition) is 2. The maximum Gasteiger partial charge on any atom is 0.109 e. The molecule has 0 heterocycles. The maximum absolute atomic E-state index is 9.45. The summed E-state index contributed by atoms with van der Waals surface area (Å²) >= 11 is 0. The summed E-state index contributed by atoms with van der Waals surface area (Å²) in [7, 11) is 0. The molecule has 0 bridgehead atoms. The van der Waals surface area contributed by atoms with E-state index in [2.05, 4.69) is 6.92 Å². The lowest BCUT2D eigenvalue weighted by Gasteiger charge is -2.27. The fourth-order valence-electron chi connectivity index (χ4n) is 0.958. The quantitative estimate of drug-likeness (QED) is 0.598. The Balaban J connectivity index is 3.76. The molecule has 0 amide bonds. The number of aliphatic hydroxyl groups is 1. The lowest BCUT2D eigenvalue weighted by molar-refractivity contribution is -0.0162. The summed E-state index contributed by atoms with van der Waals surface area (Å²) in [4.78, 5) is 1.98. The fourth-order valence-corrected chi connectivity index (χ4v) is 0.958. The molecule has 0 aliphatic carbocycles. The van der Waals surface area contributed by atoms with Crippen LogP contribution in [0.5, 0.6) is 0 Å². The third-order valence-corrected chi connectivity index (χ3v) is 1.70. The van der Waals surface area contributed by atoms with Gasteiger partial charge in [0.1, 0.15) is 6.23 Å². The van der Waals surface area contributed by atoms with Crippen LogP contribution < -0.4 is 0 Å². The van der Waals surface area contributed by atoms with Crippen LogP contribution in [0.3, 0.4) is 0 Å². The largest absolute Gasteiger partial charge is 0.378 e. The number of nitrogens with zero attached hydrogens (tertiary/aromatic N) is 1. The fraction of sp³-hybridized carbons (Fsp3) is 0.875. The molecule has 1 N–H and O–H groups in total. The molecule has 0 aliphatic rings. The molecule has 0 aromatic carbocycles. The highest BCUT2D eigenvalue weighted by Crippen LogP contribution is 2.05. The molecule has 0 aromatic heterocycles. The van der Waals surface area contributed by atoms with Crippen molar-refractivity contribution in [2.45, 2.75) is 27.0 Å². The van der Waals surface area contributed by atoms with Crippen LogP contribution in [-0.4, -0.2) is 29.3 Å². The van der Waals surface area contributed by atoms with Crippen molar-refractivity contribution in [1.82, 2.24) is 4.90 Å². The summed E-state index contributed by atoms with van der Waals surface area (Å²) in [6.07, 6.45) is -0.380. The van der Waals surface area contributed by atoms with Gasteiger partial charge in [-0.25, -0.2) is 0 Å². The first-order valence-corrected chi connectivity index (χ1v) is 3.88. The molecule has 2 atom stereocenters. The van der Waals surface area contributed by atoms with Gasteiger partial charge in [-0.1, -0.05) is 20.8 Å². The number of aliphatic hydroxyl groups excluding tert-OH is 1. The minimum Gasteiger partial charge on any atom is -0.378 e. The van der Waals surface area contributed by atoms with Gasteiger partial charge in [0.15, 0.2) is 0 Å². The Labute approximate surface area is 63.8 Å². The Bertz CT molecular complexity index is 79.3. The minimum absolute atomic E-state index is 0.0832. The van der Waals surface area contributed by atoms with E-state index in [-0.39, 0.29) is 12.1 Å². The first-order chi connectivity index (χ1) is 4.63. The van der Waals surface area contributed by atoms with E-state index in [0.717, 1.165) is 13.1 Å². The van der Waals surface area contributed by atoms with Crippen molar-refractivity contribution >= 4 is 0 Å². The van der Waals surface area contributed by atoms with Crippen molar-refractivity contribution in [3.05, 3.63) is 6.92 Å². The Kier molecular flexibility index (Phi) is 4.65. The zero-order valence-electron chi connectivity index (χ0n) is 7.17. The van der Waals surface area contributed by atoms with E-state index >= 15 is 0 Å². The smallest absolute Gasteiger partial charge is 0.109 e. The first-order valence-electron chi connectivity index (χ1n) is 3.88. The standard InChI is InChI=1S/C8H18NO/c1-5-9(6-2)8(10)7(3)4/h7-8,10H,3,5-6H2,1-2,4H3. The number of rotatable bonds is 4. The highest BCUT2D eigenvalue weighted by molar-refractivity contribution is 4.66. The van der Waals surface area contributed by atoms with Gasteiger partial charge < -0.3 is 5.11 Å². The summed E-state index contributed by atoms with van der Waals surface area (Å²) in [5.74, 6) is 0.0832. The van der Waals surface area contributed by atoms with Gasteiger partial charge in [0.25, 0.3) is 0 Å². The van der Waals surface area contributed by atoms with Crippen molar-refractivity contribution in [2.24, 2.45) is 5.92 Å². The average molecular weight is 144 g/mol. The second kappa shape index (κ2) is 4.69. The molecule has 1 radical (unpaired) electrons. The van der Waals surface area contributed by atoms with Crippen molar-refractivity contribution in [2.75, 3.05) is 13.1 Å². The van der Waals surface area contributed by atoms with E-state index in [1.54, 1.807) is 0 Å². The molecule has 0 spiro atoms. The molecular weight excluding hydrogens is 126 g/mol. The molecule has 2 nitrogen and oxygen atoms in total. The van der Waals surface area contributed by atoms with E-state index in [1.807, 2.05) is 25.7 Å². The zero-order chi connectivity index (χ0) is 8.15. The van der Waals surface area contributed by atoms with Crippen LogP contribution in [0.25, 0.3) is 0 Å². The molecule has 0 saturated heterocycles. The monoisotopic (exact) mass is 144 g/mol. The second-order valence-corrected chi connectivity index (χ2v) is 2.61. The van der Waals surface area contributed by atoms with Crippen LogP contribution in [0.2, 0.25) is 0 Å².